The maximum absolute atomic E-state index is 15.6. The van der Waals surface area contributed by atoms with Gasteiger partial charge in [0.25, 0.3) is 0 Å². The molecule has 0 spiro atoms. The van der Waals surface area contributed by atoms with E-state index in [2.05, 4.69) is 5.32 Å². The molecule has 0 bridgehead atoms. The molecule has 10 nitrogen and oxygen atoms in total. The lowest BCUT2D eigenvalue weighted by Gasteiger charge is -2.51. The molecule has 0 radical (unpaired) electrons. The highest BCUT2D eigenvalue weighted by Gasteiger charge is 2.71. The van der Waals surface area contributed by atoms with Gasteiger partial charge in [-0.3, -0.25) is 24.1 Å². The predicted octanol–water partition coefficient (Wildman–Crippen LogP) is 8.17. The number of amides is 4. The Hall–Kier alpha value is -6.39. The number of nitrogens with one attached hydrogen (secondary N) is 1. The van der Waals surface area contributed by atoms with Crippen molar-refractivity contribution in [1.29, 1.82) is 0 Å². The topological polar surface area (TPSA) is 125 Å². The number of hydrogen-bond donors (Lipinski definition) is 2. The molecule has 4 amide bonds. The van der Waals surface area contributed by atoms with Gasteiger partial charge in [0, 0.05) is 40.0 Å². The number of imide groups is 2. The number of phenolic OH excluding ortho intramolecular Hbond substituents is 1. The van der Waals surface area contributed by atoms with Crippen molar-refractivity contribution in [3.05, 3.63) is 149 Å². The van der Waals surface area contributed by atoms with Gasteiger partial charge < -0.3 is 19.9 Å². The van der Waals surface area contributed by atoms with Crippen molar-refractivity contribution >= 4 is 58.0 Å². The summed E-state index contributed by atoms with van der Waals surface area (Å²) in [5.74, 6) is -5.43. The molecule has 3 fully saturated rings. The van der Waals surface area contributed by atoms with Gasteiger partial charge in [0.1, 0.15) is 17.2 Å². The van der Waals surface area contributed by atoms with Crippen LogP contribution in [0.1, 0.15) is 29.9 Å². The van der Waals surface area contributed by atoms with Crippen molar-refractivity contribution < 1.29 is 33.8 Å². The van der Waals surface area contributed by atoms with Crippen LogP contribution in [0.4, 0.5) is 22.7 Å². The molecule has 2 heterocycles. The molecule has 2 aliphatic heterocycles. The van der Waals surface area contributed by atoms with Crippen LogP contribution in [0.15, 0.2) is 133 Å². The third kappa shape index (κ3) is 5.53. The highest BCUT2D eigenvalue weighted by molar-refractivity contribution is 6.32. The number of rotatable bonds is 8. The molecular weight excluding hydrogens is 742 g/mol. The van der Waals surface area contributed by atoms with E-state index in [9.17, 15) is 14.7 Å². The Morgan fingerprint density at radius 2 is 1.42 bits per heavy atom. The predicted molar refractivity (Wildman–Crippen MR) is 216 cm³/mol. The first-order valence-electron chi connectivity index (χ1n) is 18.8. The fourth-order valence-electron chi connectivity index (χ4n) is 9.86. The fourth-order valence-corrected chi connectivity index (χ4v) is 10.0. The Bertz CT molecular complexity index is 2470. The number of fused-ring (bicyclic) bond motifs is 4. The number of para-hydroxylation sites is 1. The lowest BCUT2D eigenvalue weighted by Crippen LogP contribution is -2.53. The van der Waals surface area contributed by atoms with Crippen molar-refractivity contribution in [3.8, 4) is 17.2 Å². The van der Waals surface area contributed by atoms with E-state index in [0.29, 0.717) is 33.3 Å². The molecule has 11 heteroatoms. The number of ether oxygens (including phenoxy) is 2. The van der Waals surface area contributed by atoms with Crippen LogP contribution >= 0.6 is 11.6 Å². The minimum absolute atomic E-state index is 0.103. The molecule has 2 saturated heterocycles. The maximum Gasteiger partial charge on any atom is 0.246 e. The molecule has 0 aromatic heterocycles. The van der Waals surface area contributed by atoms with Crippen LogP contribution in [0.3, 0.4) is 0 Å². The number of anilines is 4. The number of methoxy groups -OCH3 is 2. The van der Waals surface area contributed by atoms with Gasteiger partial charge in [0.2, 0.25) is 23.6 Å². The monoisotopic (exact) mass is 779 g/mol. The number of halogens is 1. The van der Waals surface area contributed by atoms with Crippen molar-refractivity contribution in [1.82, 2.24) is 0 Å². The molecule has 5 aromatic rings. The lowest BCUT2D eigenvalue weighted by atomic mass is 9.49. The zero-order valence-corrected chi connectivity index (χ0v) is 31.9. The quantitative estimate of drug-likeness (QED) is 0.119. The van der Waals surface area contributed by atoms with E-state index >= 15 is 9.59 Å². The molecule has 5 aromatic carbocycles. The molecule has 2 aliphatic carbocycles. The van der Waals surface area contributed by atoms with Gasteiger partial charge in [0.15, 0.2) is 0 Å². The van der Waals surface area contributed by atoms with Crippen LogP contribution < -0.4 is 24.6 Å². The van der Waals surface area contributed by atoms with Gasteiger partial charge in [-0.2, -0.15) is 0 Å². The van der Waals surface area contributed by atoms with Gasteiger partial charge in [-0.15, -0.1) is 0 Å². The Balaban J connectivity index is 1.20. The van der Waals surface area contributed by atoms with Crippen LogP contribution in [-0.2, 0) is 24.6 Å². The number of phenols is 1. The average Bonchev–Trinajstić information content (AvgIpc) is 3.62. The second kappa shape index (κ2) is 14.0. The van der Waals surface area contributed by atoms with Crippen LogP contribution in [0.25, 0.3) is 0 Å². The van der Waals surface area contributed by atoms with E-state index in [1.165, 1.54) is 30.1 Å². The normalized spacial score (nSPS) is 25.1. The molecule has 9 rings (SSSR count). The van der Waals surface area contributed by atoms with Gasteiger partial charge in [-0.05, 0) is 78.9 Å². The highest BCUT2D eigenvalue weighted by atomic mass is 35.5. The van der Waals surface area contributed by atoms with Crippen LogP contribution in [0, 0.1) is 23.7 Å². The fraction of sp³-hybridized carbons (Fsp3) is 0.217. The van der Waals surface area contributed by atoms with E-state index in [-0.39, 0.29) is 41.7 Å². The van der Waals surface area contributed by atoms with Gasteiger partial charge in [0.05, 0.1) is 48.8 Å². The summed E-state index contributed by atoms with van der Waals surface area (Å²) in [5, 5.41) is 15.6. The molecule has 6 atom stereocenters. The first kappa shape index (κ1) is 36.3. The van der Waals surface area contributed by atoms with Crippen molar-refractivity contribution in [2.75, 3.05) is 29.3 Å². The maximum atomic E-state index is 15.6. The third-order valence-electron chi connectivity index (χ3n) is 12.2. The SMILES string of the molecule is COc1cc(O)c([C@H]2C3=CC[C@@H]4C(=O)N(c5ccc(Nc6ccccc6)cc5)C(=O)[C@@H]4[C@@H]3C[C@H]3C(=O)N(c4cccc(Cl)c4)C(=O)[C@@]23c2ccccc2)c(OC)c1. The number of carbonyl (C=O) groups excluding carboxylic acids is 4. The zero-order valence-electron chi connectivity index (χ0n) is 31.1. The Morgan fingerprint density at radius 1 is 0.719 bits per heavy atom. The Kier molecular flexibility index (Phi) is 8.89. The van der Waals surface area contributed by atoms with E-state index in [1.807, 2.05) is 78.9 Å². The number of nitrogens with zero attached hydrogens (tertiary/aromatic N) is 2. The molecule has 2 N–H and O–H groups in total. The highest BCUT2D eigenvalue weighted by Crippen LogP contribution is 2.66. The van der Waals surface area contributed by atoms with E-state index in [0.717, 1.165) is 11.4 Å². The summed E-state index contributed by atoms with van der Waals surface area (Å²) in [6.45, 7) is 0. The van der Waals surface area contributed by atoms with Gasteiger partial charge >= 0.3 is 0 Å². The van der Waals surface area contributed by atoms with Crippen LogP contribution in [-0.4, -0.2) is 43.0 Å². The number of benzene rings is 5. The first-order chi connectivity index (χ1) is 27.7. The number of allylic oxidation sites excluding steroid dienone is 2. The van der Waals surface area contributed by atoms with E-state index in [4.69, 9.17) is 21.1 Å². The third-order valence-corrected chi connectivity index (χ3v) is 12.4. The second-order valence-corrected chi connectivity index (χ2v) is 15.3. The summed E-state index contributed by atoms with van der Waals surface area (Å²) in [7, 11) is 2.94. The minimum Gasteiger partial charge on any atom is -0.507 e. The zero-order chi connectivity index (χ0) is 39.6. The Morgan fingerprint density at radius 3 is 2.11 bits per heavy atom. The smallest absolute Gasteiger partial charge is 0.246 e. The first-order valence-corrected chi connectivity index (χ1v) is 19.2. The van der Waals surface area contributed by atoms with Crippen molar-refractivity contribution in [3.63, 3.8) is 0 Å². The Labute approximate surface area is 334 Å². The van der Waals surface area contributed by atoms with E-state index < -0.39 is 46.8 Å². The molecule has 0 unspecified atom stereocenters. The molecule has 4 aliphatic rings. The molecule has 1 saturated carbocycles. The van der Waals surface area contributed by atoms with Gasteiger partial charge in [-0.1, -0.05) is 77.8 Å². The molecular formula is C46H38ClN3O7. The molecule has 286 valence electrons. The van der Waals surface area contributed by atoms with E-state index in [1.54, 1.807) is 42.5 Å². The summed E-state index contributed by atoms with van der Waals surface area (Å²) in [5.41, 5.74) is 2.39. The standard InChI is InChI=1S/C46H38ClN3O7/c1-56-32-23-37(51)40(38(24-32)57-2)41-33-20-21-34-39(44(54)49(42(34)52)30-18-16-29(17-19-30)48-28-13-7-4-8-14-28)35(33)25-36-43(53)50(31-15-9-12-27(47)22-31)45(55)46(36,41)26-10-5-3-6-11-26/h3-20,22-24,34-36,39,41,48,51H,21,25H2,1-2H3/t34-,35+,36-,39-,41+,46+/m0/s1. The number of aromatic hydroxyl groups is 1. The van der Waals surface area contributed by atoms with Crippen molar-refractivity contribution in [2.45, 2.75) is 24.2 Å². The van der Waals surface area contributed by atoms with Crippen LogP contribution in [0.5, 0.6) is 17.2 Å². The second-order valence-electron chi connectivity index (χ2n) is 14.9. The number of carbonyl (C=O) groups is 4. The number of hydrogen-bond acceptors (Lipinski definition) is 8. The summed E-state index contributed by atoms with van der Waals surface area (Å²) in [4.78, 5) is 62.2. The largest absolute Gasteiger partial charge is 0.507 e. The molecule has 57 heavy (non-hydrogen) atoms. The van der Waals surface area contributed by atoms with Crippen molar-refractivity contribution in [2.24, 2.45) is 23.7 Å². The summed E-state index contributed by atoms with van der Waals surface area (Å²) in [6, 6.07) is 35.6. The lowest BCUT2D eigenvalue weighted by molar-refractivity contribution is -0.127. The average molecular weight is 780 g/mol. The summed E-state index contributed by atoms with van der Waals surface area (Å²) >= 11 is 6.44. The summed E-state index contributed by atoms with van der Waals surface area (Å²) in [6.07, 6.45) is 2.27. The van der Waals surface area contributed by atoms with Crippen LogP contribution in [0.2, 0.25) is 5.02 Å². The minimum atomic E-state index is -1.60. The summed E-state index contributed by atoms with van der Waals surface area (Å²) < 4.78 is 11.4. The van der Waals surface area contributed by atoms with Gasteiger partial charge in [-0.25, -0.2) is 4.90 Å².